The van der Waals surface area contributed by atoms with Crippen LogP contribution in [0.5, 0.6) is 0 Å². The van der Waals surface area contributed by atoms with Gasteiger partial charge in [0.25, 0.3) is 0 Å². The van der Waals surface area contributed by atoms with E-state index in [4.69, 9.17) is 0 Å². The summed E-state index contributed by atoms with van der Waals surface area (Å²) in [6, 6.07) is 15.6. The quantitative estimate of drug-likeness (QED) is 0.371. The monoisotopic (exact) mass is 379 g/mol. The van der Waals surface area contributed by atoms with Crippen molar-refractivity contribution in [2.75, 3.05) is 5.75 Å². The molecule has 0 aliphatic carbocycles. The molecule has 0 aliphatic heterocycles. The Labute approximate surface area is 161 Å². The molecule has 0 radical (unpaired) electrons. The van der Waals surface area contributed by atoms with E-state index in [1.165, 1.54) is 10.9 Å². The SMILES string of the molecule is O=C(O)[C@H](CSCc1c[nH]c2ccccc12)NCc1c[nH]c2ccccc12. The van der Waals surface area contributed by atoms with E-state index in [9.17, 15) is 9.90 Å². The van der Waals surface area contributed by atoms with Crippen LogP contribution < -0.4 is 5.32 Å². The summed E-state index contributed by atoms with van der Waals surface area (Å²) in [5.41, 5.74) is 4.46. The summed E-state index contributed by atoms with van der Waals surface area (Å²) in [5, 5.41) is 15.1. The summed E-state index contributed by atoms with van der Waals surface area (Å²) >= 11 is 1.63. The van der Waals surface area contributed by atoms with Gasteiger partial charge in [-0.2, -0.15) is 11.8 Å². The van der Waals surface area contributed by atoms with E-state index in [0.717, 1.165) is 27.7 Å². The molecule has 0 saturated heterocycles. The van der Waals surface area contributed by atoms with Gasteiger partial charge >= 0.3 is 5.97 Å². The number of carboxylic acid groups (broad SMARTS) is 1. The fourth-order valence-corrected chi connectivity index (χ4v) is 4.34. The van der Waals surface area contributed by atoms with E-state index in [1.54, 1.807) is 11.8 Å². The molecule has 2 aromatic heterocycles. The van der Waals surface area contributed by atoms with Gasteiger partial charge in [0.05, 0.1) is 0 Å². The van der Waals surface area contributed by atoms with Crippen molar-refractivity contribution in [3.05, 3.63) is 72.1 Å². The molecule has 0 saturated carbocycles. The molecule has 0 aliphatic rings. The van der Waals surface area contributed by atoms with Crippen molar-refractivity contribution in [2.45, 2.75) is 18.3 Å². The van der Waals surface area contributed by atoms with Crippen LogP contribution in [-0.2, 0) is 17.1 Å². The van der Waals surface area contributed by atoms with Gasteiger partial charge in [0.1, 0.15) is 6.04 Å². The lowest BCUT2D eigenvalue weighted by Crippen LogP contribution is -2.38. The summed E-state index contributed by atoms with van der Waals surface area (Å²) < 4.78 is 0. The molecule has 5 nitrogen and oxygen atoms in total. The number of benzene rings is 2. The predicted octanol–water partition coefficient (Wildman–Crippen LogP) is 4.13. The standard InChI is InChI=1S/C21H21N3O2S/c25-21(26)20(24-10-14-9-22-18-7-3-1-5-16(14)18)13-27-12-15-11-23-19-8-4-2-6-17(15)19/h1-9,11,20,22-24H,10,12-13H2,(H,25,26)/t20-/m0/s1. The van der Waals surface area contributed by atoms with Crippen LogP contribution in [0.4, 0.5) is 0 Å². The van der Waals surface area contributed by atoms with Crippen LogP contribution in [0.25, 0.3) is 21.8 Å². The number of carbonyl (C=O) groups is 1. The van der Waals surface area contributed by atoms with Gasteiger partial charge in [-0.05, 0) is 23.3 Å². The van der Waals surface area contributed by atoms with Crippen molar-refractivity contribution >= 4 is 39.5 Å². The second-order valence-corrected chi connectivity index (χ2v) is 7.54. The zero-order chi connectivity index (χ0) is 18.6. The smallest absolute Gasteiger partial charge is 0.321 e. The number of aromatic amines is 2. The van der Waals surface area contributed by atoms with Crippen LogP contribution in [0.2, 0.25) is 0 Å². The molecule has 0 spiro atoms. The lowest BCUT2D eigenvalue weighted by molar-refractivity contribution is -0.138. The van der Waals surface area contributed by atoms with Gasteiger partial charge in [-0.1, -0.05) is 36.4 Å². The fraction of sp³-hybridized carbons (Fsp3) is 0.190. The van der Waals surface area contributed by atoms with Crippen molar-refractivity contribution in [1.82, 2.24) is 15.3 Å². The van der Waals surface area contributed by atoms with Gasteiger partial charge in [0.2, 0.25) is 0 Å². The first-order valence-electron chi connectivity index (χ1n) is 8.86. The topological polar surface area (TPSA) is 80.9 Å². The van der Waals surface area contributed by atoms with Crippen LogP contribution in [0.1, 0.15) is 11.1 Å². The van der Waals surface area contributed by atoms with E-state index in [1.807, 2.05) is 54.9 Å². The van der Waals surface area contributed by atoms with Crippen molar-refractivity contribution in [1.29, 1.82) is 0 Å². The number of aliphatic carboxylic acids is 1. The average Bonchev–Trinajstić information content (AvgIpc) is 3.28. The summed E-state index contributed by atoms with van der Waals surface area (Å²) in [4.78, 5) is 18.1. The Bertz CT molecular complexity index is 1070. The molecule has 2 heterocycles. The number of carboxylic acids is 1. The maximum Gasteiger partial charge on any atom is 0.321 e. The minimum absolute atomic E-state index is 0.511. The van der Waals surface area contributed by atoms with Gasteiger partial charge in [-0.25, -0.2) is 0 Å². The Morgan fingerprint density at radius 3 is 2.22 bits per heavy atom. The van der Waals surface area contributed by atoms with E-state index in [2.05, 4.69) is 21.4 Å². The van der Waals surface area contributed by atoms with Crippen LogP contribution in [0, 0.1) is 0 Å². The number of para-hydroxylation sites is 2. The highest BCUT2D eigenvalue weighted by Crippen LogP contribution is 2.23. The van der Waals surface area contributed by atoms with Crippen LogP contribution >= 0.6 is 11.8 Å². The molecule has 1 atom stereocenters. The number of fused-ring (bicyclic) bond motifs is 2. The number of aromatic nitrogens is 2. The molecule has 6 heteroatoms. The number of hydrogen-bond acceptors (Lipinski definition) is 3. The largest absolute Gasteiger partial charge is 0.480 e. The number of thioether (sulfide) groups is 1. The molecule has 4 rings (SSSR count). The van der Waals surface area contributed by atoms with E-state index < -0.39 is 12.0 Å². The first kappa shape index (κ1) is 17.7. The average molecular weight is 379 g/mol. The third-order valence-electron chi connectivity index (χ3n) is 4.73. The van der Waals surface area contributed by atoms with E-state index in [0.29, 0.717) is 12.3 Å². The summed E-state index contributed by atoms with van der Waals surface area (Å²) in [6.07, 6.45) is 3.95. The highest BCUT2D eigenvalue weighted by molar-refractivity contribution is 7.98. The normalized spacial score (nSPS) is 12.6. The Hall–Kier alpha value is -2.70. The molecule has 0 bridgehead atoms. The third-order valence-corrected chi connectivity index (χ3v) is 5.81. The Morgan fingerprint density at radius 2 is 1.56 bits per heavy atom. The second-order valence-electron chi connectivity index (χ2n) is 6.51. The molecule has 138 valence electrons. The van der Waals surface area contributed by atoms with E-state index in [-0.39, 0.29) is 0 Å². The van der Waals surface area contributed by atoms with Gasteiger partial charge in [-0.3, -0.25) is 10.1 Å². The van der Waals surface area contributed by atoms with Crippen LogP contribution in [0.3, 0.4) is 0 Å². The molecule has 2 aromatic carbocycles. The molecular formula is C21H21N3O2S. The Morgan fingerprint density at radius 1 is 0.963 bits per heavy atom. The van der Waals surface area contributed by atoms with Crippen molar-refractivity contribution in [3.63, 3.8) is 0 Å². The second kappa shape index (κ2) is 7.90. The molecule has 0 unspecified atom stereocenters. The number of nitrogens with one attached hydrogen (secondary N) is 3. The maximum absolute atomic E-state index is 11.6. The molecule has 0 fully saturated rings. The van der Waals surface area contributed by atoms with E-state index >= 15 is 0 Å². The minimum atomic E-state index is -0.818. The van der Waals surface area contributed by atoms with Gasteiger partial charge in [-0.15, -0.1) is 0 Å². The maximum atomic E-state index is 11.6. The first-order chi connectivity index (χ1) is 13.2. The van der Waals surface area contributed by atoms with Crippen molar-refractivity contribution in [3.8, 4) is 0 Å². The van der Waals surface area contributed by atoms with Gasteiger partial charge < -0.3 is 15.1 Å². The fourth-order valence-electron chi connectivity index (χ4n) is 3.27. The third kappa shape index (κ3) is 3.86. The zero-order valence-corrected chi connectivity index (χ0v) is 15.6. The summed E-state index contributed by atoms with van der Waals surface area (Å²) in [6.45, 7) is 0.522. The molecule has 27 heavy (non-hydrogen) atoms. The van der Waals surface area contributed by atoms with Crippen LogP contribution in [-0.4, -0.2) is 32.8 Å². The Kier molecular flexibility index (Phi) is 5.18. The number of H-pyrrole nitrogens is 2. The van der Waals surface area contributed by atoms with Gasteiger partial charge in [0.15, 0.2) is 0 Å². The molecule has 4 N–H and O–H groups in total. The highest BCUT2D eigenvalue weighted by atomic mass is 32.2. The molecule has 4 aromatic rings. The molecular weight excluding hydrogens is 358 g/mol. The van der Waals surface area contributed by atoms with Crippen molar-refractivity contribution in [2.24, 2.45) is 0 Å². The highest BCUT2D eigenvalue weighted by Gasteiger charge is 2.17. The van der Waals surface area contributed by atoms with Crippen LogP contribution in [0.15, 0.2) is 60.9 Å². The van der Waals surface area contributed by atoms with Gasteiger partial charge in [0, 0.05) is 52.3 Å². The number of rotatable bonds is 8. The zero-order valence-electron chi connectivity index (χ0n) is 14.7. The Balaban J connectivity index is 1.36. The first-order valence-corrected chi connectivity index (χ1v) is 10.0. The lowest BCUT2D eigenvalue weighted by Gasteiger charge is -2.14. The minimum Gasteiger partial charge on any atom is -0.480 e. The lowest BCUT2D eigenvalue weighted by atomic mass is 10.1. The van der Waals surface area contributed by atoms with Crippen molar-refractivity contribution < 1.29 is 9.90 Å². The summed E-state index contributed by atoms with van der Waals surface area (Å²) in [5.74, 6) is 0.473. The number of hydrogen-bond donors (Lipinski definition) is 4. The summed E-state index contributed by atoms with van der Waals surface area (Å²) in [7, 11) is 0. The predicted molar refractivity (Wildman–Crippen MR) is 111 cm³/mol. The molecule has 0 amide bonds.